The van der Waals surface area contributed by atoms with Gasteiger partial charge in [-0.05, 0) is 30.9 Å². The first-order valence-corrected chi connectivity index (χ1v) is 7.06. The maximum atomic E-state index is 11.6. The fraction of sp³-hybridized carbons (Fsp3) is 0.615. The van der Waals surface area contributed by atoms with Gasteiger partial charge >= 0.3 is 5.97 Å². The Hall–Kier alpha value is -0.870. The van der Waals surface area contributed by atoms with Gasteiger partial charge in [-0.2, -0.15) is 0 Å². The van der Waals surface area contributed by atoms with Crippen molar-refractivity contribution in [2.75, 3.05) is 13.2 Å². The molecule has 0 radical (unpaired) electrons. The number of nitrogens with one attached hydrogen (secondary N) is 1. The summed E-state index contributed by atoms with van der Waals surface area (Å²) in [6.07, 6.45) is 2.53. The van der Waals surface area contributed by atoms with E-state index in [2.05, 4.69) is 12.2 Å². The fourth-order valence-electron chi connectivity index (χ4n) is 2.33. The third-order valence-corrected chi connectivity index (χ3v) is 4.41. The van der Waals surface area contributed by atoms with E-state index in [0.717, 1.165) is 25.9 Å². The van der Waals surface area contributed by atoms with Crippen LogP contribution in [0.2, 0.25) is 0 Å². The molecule has 0 saturated heterocycles. The highest BCUT2D eigenvalue weighted by atomic mass is 32.1. The van der Waals surface area contributed by atoms with E-state index in [9.17, 15) is 4.79 Å². The van der Waals surface area contributed by atoms with Crippen LogP contribution in [0.4, 0.5) is 0 Å². The van der Waals surface area contributed by atoms with Gasteiger partial charge in [0.25, 0.3) is 0 Å². The highest BCUT2D eigenvalue weighted by Crippen LogP contribution is 2.31. The Kier molecular flexibility index (Phi) is 4.18. The molecule has 1 N–H and O–H groups in total. The van der Waals surface area contributed by atoms with Crippen molar-refractivity contribution in [2.24, 2.45) is 0 Å². The molecule has 1 aliphatic rings. The van der Waals surface area contributed by atoms with E-state index < -0.39 is 0 Å². The number of hydrogen-bond acceptors (Lipinski definition) is 4. The van der Waals surface area contributed by atoms with Crippen molar-refractivity contribution in [1.29, 1.82) is 0 Å². The minimum absolute atomic E-state index is 0.103. The zero-order valence-corrected chi connectivity index (χ0v) is 11.3. The Morgan fingerprint density at radius 2 is 2.29 bits per heavy atom. The van der Waals surface area contributed by atoms with Crippen LogP contribution >= 0.6 is 11.3 Å². The van der Waals surface area contributed by atoms with Crippen LogP contribution in [0.3, 0.4) is 0 Å². The predicted octanol–water partition coefficient (Wildman–Crippen LogP) is 2.06. The SMILES string of the molecule is CCOC(=O)Cc1sc2c(c1CC)CNCC2. The molecule has 0 unspecified atom stereocenters. The lowest BCUT2D eigenvalue weighted by Gasteiger charge is -2.13. The molecule has 0 saturated carbocycles. The van der Waals surface area contributed by atoms with E-state index in [0.29, 0.717) is 13.0 Å². The van der Waals surface area contributed by atoms with Gasteiger partial charge in [-0.25, -0.2) is 0 Å². The zero-order valence-electron chi connectivity index (χ0n) is 10.5. The Labute approximate surface area is 106 Å². The smallest absolute Gasteiger partial charge is 0.311 e. The van der Waals surface area contributed by atoms with Crippen LogP contribution in [0.5, 0.6) is 0 Å². The lowest BCUT2D eigenvalue weighted by Crippen LogP contribution is -2.22. The molecule has 0 spiro atoms. The van der Waals surface area contributed by atoms with Crippen LogP contribution in [-0.2, 0) is 35.3 Å². The van der Waals surface area contributed by atoms with Gasteiger partial charge in [0.2, 0.25) is 0 Å². The van der Waals surface area contributed by atoms with Crippen molar-refractivity contribution in [3.63, 3.8) is 0 Å². The standard InChI is InChI=1S/C13H19NO2S/c1-3-9-10-8-14-6-5-11(10)17-12(9)7-13(15)16-4-2/h14H,3-8H2,1-2H3. The highest BCUT2D eigenvalue weighted by molar-refractivity contribution is 7.12. The number of esters is 1. The zero-order chi connectivity index (χ0) is 12.3. The van der Waals surface area contributed by atoms with E-state index in [1.165, 1.54) is 20.9 Å². The lowest BCUT2D eigenvalue weighted by molar-refractivity contribution is -0.142. The molecule has 2 rings (SSSR count). The van der Waals surface area contributed by atoms with Crippen molar-refractivity contribution in [2.45, 2.75) is 39.7 Å². The molecular formula is C13H19NO2S. The normalized spacial score (nSPS) is 14.5. The summed E-state index contributed by atoms with van der Waals surface area (Å²) in [7, 11) is 0. The summed E-state index contributed by atoms with van der Waals surface area (Å²) in [4.78, 5) is 14.2. The molecule has 1 aliphatic heterocycles. The summed E-state index contributed by atoms with van der Waals surface area (Å²) in [6, 6.07) is 0. The molecule has 4 heteroatoms. The first-order chi connectivity index (χ1) is 8.26. The van der Waals surface area contributed by atoms with Crippen LogP contribution in [0.25, 0.3) is 0 Å². The van der Waals surface area contributed by atoms with E-state index >= 15 is 0 Å². The van der Waals surface area contributed by atoms with Gasteiger partial charge in [0.1, 0.15) is 0 Å². The summed E-state index contributed by atoms with van der Waals surface area (Å²) in [6.45, 7) is 6.48. The molecule has 0 bridgehead atoms. The van der Waals surface area contributed by atoms with Crippen LogP contribution in [0.1, 0.15) is 34.7 Å². The van der Waals surface area contributed by atoms with Crippen molar-refractivity contribution < 1.29 is 9.53 Å². The van der Waals surface area contributed by atoms with Gasteiger partial charge in [0.15, 0.2) is 0 Å². The summed E-state index contributed by atoms with van der Waals surface area (Å²) in [5, 5.41) is 3.40. The second-order valence-electron chi connectivity index (χ2n) is 4.17. The number of carbonyl (C=O) groups excluding carboxylic acids is 1. The van der Waals surface area contributed by atoms with Crippen LogP contribution in [-0.4, -0.2) is 19.1 Å². The summed E-state index contributed by atoms with van der Waals surface area (Å²) in [5.74, 6) is -0.103. The van der Waals surface area contributed by atoms with Crippen molar-refractivity contribution in [3.8, 4) is 0 Å². The third kappa shape index (κ3) is 2.69. The number of carbonyl (C=O) groups is 1. The summed E-state index contributed by atoms with van der Waals surface area (Å²) in [5.41, 5.74) is 2.80. The van der Waals surface area contributed by atoms with E-state index in [-0.39, 0.29) is 5.97 Å². The third-order valence-electron chi connectivity index (χ3n) is 3.08. The number of hydrogen-bond donors (Lipinski definition) is 1. The predicted molar refractivity (Wildman–Crippen MR) is 69.4 cm³/mol. The Bertz CT molecular complexity index is 412. The van der Waals surface area contributed by atoms with Gasteiger partial charge in [-0.1, -0.05) is 6.92 Å². The number of thiophene rings is 1. The van der Waals surface area contributed by atoms with Gasteiger partial charge in [-0.15, -0.1) is 11.3 Å². The second-order valence-corrected chi connectivity index (χ2v) is 5.36. The largest absolute Gasteiger partial charge is 0.466 e. The number of fused-ring (bicyclic) bond motifs is 1. The molecule has 0 aromatic carbocycles. The molecule has 94 valence electrons. The molecule has 0 amide bonds. The molecule has 2 heterocycles. The Morgan fingerprint density at radius 1 is 1.47 bits per heavy atom. The fourth-order valence-corrected chi connectivity index (χ4v) is 3.73. The van der Waals surface area contributed by atoms with Crippen LogP contribution in [0, 0.1) is 0 Å². The van der Waals surface area contributed by atoms with Crippen molar-refractivity contribution in [3.05, 3.63) is 20.9 Å². The van der Waals surface area contributed by atoms with Crippen molar-refractivity contribution >= 4 is 17.3 Å². The quantitative estimate of drug-likeness (QED) is 0.835. The van der Waals surface area contributed by atoms with Gasteiger partial charge in [-0.3, -0.25) is 4.79 Å². The maximum Gasteiger partial charge on any atom is 0.311 e. The lowest BCUT2D eigenvalue weighted by atomic mass is 10.0. The van der Waals surface area contributed by atoms with Gasteiger partial charge < -0.3 is 10.1 Å². The molecule has 1 aromatic rings. The molecular weight excluding hydrogens is 234 g/mol. The Morgan fingerprint density at radius 3 is 3.00 bits per heavy atom. The maximum absolute atomic E-state index is 11.6. The van der Waals surface area contributed by atoms with E-state index in [4.69, 9.17) is 4.74 Å². The minimum Gasteiger partial charge on any atom is -0.466 e. The number of rotatable bonds is 4. The molecule has 0 fully saturated rings. The minimum atomic E-state index is -0.103. The molecule has 3 nitrogen and oxygen atoms in total. The second kappa shape index (κ2) is 5.65. The van der Waals surface area contributed by atoms with Gasteiger partial charge in [0.05, 0.1) is 13.0 Å². The Balaban J connectivity index is 2.21. The van der Waals surface area contributed by atoms with Crippen LogP contribution in [0.15, 0.2) is 0 Å². The molecule has 17 heavy (non-hydrogen) atoms. The average Bonchev–Trinajstić information content (AvgIpc) is 2.66. The molecule has 0 atom stereocenters. The summed E-state index contributed by atoms with van der Waals surface area (Å²) < 4.78 is 5.03. The topological polar surface area (TPSA) is 38.3 Å². The number of ether oxygens (including phenoxy) is 1. The monoisotopic (exact) mass is 253 g/mol. The molecule has 0 aliphatic carbocycles. The average molecular weight is 253 g/mol. The van der Waals surface area contributed by atoms with E-state index in [1.54, 1.807) is 11.3 Å². The van der Waals surface area contributed by atoms with Crippen LogP contribution < -0.4 is 5.32 Å². The highest BCUT2D eigenvalue weighted by Gasteiger charge is 2.20. The summed E-state index contributed by atoms with van der Waals surface area (Å²) >= 11 is 1.80. The molecule has 1 aromatic heterocycles. The first-order valence-electron chi connectivity index (χ1n) is 6.24. The first kappa shape index (κ1) is 12.6. The van der Waals surface area contributed by atoms with Crippen molar-refractivity contribution in [1.82, 2.24) is 5.32 Å². The van der Waals surface area contributed by atoms with E-state index in [1.807, 2.05) is 6.92 Å². The van der Waals surface area contributed by atoms with Gasteiger partial charge in [0, 0.05) is 22.8 Å².